The van der Waals surface area contributed by atoms with Crippen LogP contribution in [0.1, 0.15) is 52.5 Å². The Labute approximate surface area is 116 Å². The number of allylic oxidation sites excluding steroid dienone is 1. The van der Waals surface area contributed by atoms with Crippen LogP contribution < -0.4 is 4.90 Å². The fourth-order valence-electron chi connectivity index (χ4n) is 2.91. The molecular weight excluding hydrogens is 234 g/mol. The molecule has 0 aliphatic carbocycles. The standard InChI is InChI=1S/C17H23NO/c1-5-9-13-12-17(3,4)18(16(19)6-2)15-11-8-7-10-14(13)15/h7-8,10-12H,5-6,9H2,1-4H3. The minimum atomic E-state index is -0.244. The number of fused-ring (bicyclic) bond motifs is 1. The van der Waals surface area contributed by atoms with Crippen LogP contribution in [0, 0.1) is 0 Å². The molecule has 102 valence electrons. The van der Waals surface area contributed by atoms with E-state index in [9.17, 15) is 4.79 Å². The fraction of sp³-hybridized carbons (Fsp3) is 0.471. The Bertz CT molecular complexity index is 514. The van der Waals surface area contributed by atoms with E-state index in [0.29, 0.717) is 6.42 Å². The first-order chi connectivity index (χ1) is 9.01. The highest BCUT2D eigenvalue weighted by molar-refractivity contribution is 6.00. The SMILES string of the molecule is CCCC1=CC(C)(C)N(C(=O)CC)c2ccccc21. The summed E-state index contributed by atoms with van der Waals surface area (Å²) in [4.78, 5) is 14.3. The molecule has 1 aliphatic heterocycles. The molecule has 1 aromatic carbocycles. The highest BCUT2D eigenvalue weighted by Gasteiger charge is 2.35. The molecule has 0 aromatic heterocycles. The van der Waals surface area contributed by atoms with Gasteiger partial charge in [0.25, 0.3) is 0 Å². The van der Waals surface area contributed by atoms with Gasteiger partial charge in [0.2, 0.25) is 5.91 Å². The molecule has 19 heavy (non-hydrogen) atoms. The molecule has 0 N–H and O–H groups in total. The number of carbonyl (C=O) groups excluding carboxylic acids is 1. The van der Waals surface area contributed by atoms with Crippen LogP contribution in [0.15, 0.2) is 30.3 Å². The van der Waals surface area contributed by atoms with E-state index >= 15 is 0 Å². The Kier molecular flexibility index (Phi) is 3.79. The molecule has 1 aliphatic rings. The van der Waals surface area contributed by atoms with Gasteiger partial charge in [0, 0.05) is 12.0 Å². The lowest BCUT2D eigenvalue weighted by Crippen LogP contribution is -2.48. The summed E-state index contributed by atoms with van der Waals surface area (Å²) in [6, 6.07) is 8.25. The molecule has 2 rings (SSSR count). The summed E-state index contributed by atoms with van der Waals surface area (Å²) in [6.45, 7) is 8.35. The fourth-order valence-corrected chi connectivity index (χ4v) is 2.91. The lowest BCUT2D eigenvalue weighted by atomic mass is 9.86. The number of benzene rings is 1. The van der Waals surface area contributed by atoms with Crippen molar-refractivity contribution in [3.63, 3.8) is 0 Å². The van der Waals surface area contributed by atoms with Crippen molar-refractivity contribution in [2.75, 3.05) is 4.90 Å². The second-order valence-corrected chi connectivity index (χ2v) is 5.67. The zero-order valence-corrected chi connectivity index (χ0v) is 12.4. The highest BCUT2D eigenvalue weighted by atomic mass is 16.2. The summed E-state index contributed by atoms with van der Waals surface area (Å²) in [5, 5.41) is 0. The smallest absolute Gasteiger partial charge is 0.227 e. The van der Waals surface area contributed by atoms with Crippen molar-refractivity contribution < 1.29 is 4.79 Å². The van der Waals surface area contributed by atoms with Gasteiger partial charge in [-0.2, -0.15) is 0 Å². The zero-order chi connectivity index (χ0) is 14.0. The number of amides is 1. The normalized spacial score (nSPS) is 16.8. The quantitative estimate of drug-likeness (QED) is 0.785. The number of nitrogens with zero attached hydrogens (tertiary/aromatic N) is 1. The van der Waals surface area contributed by atoms with Crippen LogP contribution in [0.5, 0.6) is 0 Å². The number of carbonyl (C=O) groups is 1. The lowest BCUT2D eigenvalue weighted by Gasteiger charge is -2.42. The Morgan fingerprint density at radius 2 is 1.89 bits per heavy atom. The number of para-hydroxylation sites is 1. The van der Waals surface area contributed by atoms with Crippen LogP contribution in [0.25, 0.3) is 5.57 Å². The van der Waals surface area contributed by atoms with Gasteiger partial charge in [0.1, 0.15) is 0 Å². The first kappa shape index (κ1) is 13.9. The Morgan fingerprint density at radius 1 is 1.21 bits per heavy atom. The van der Waals surface area contributed by atoms with Gasteiger partial charge < -0.3 is 4.90 Å². The predicted octanol–water partition coefficient (Wildman–Crippen LogP) is 4.41. The average molecular weight is 257 g/mol. The summed E-state index contributed by atoms with van der Waals surface area (Å²) in [7, 11) is 0. The van der Waals surface area contributed by atoms with Gasteiger partial charge in [-0.3, -0.25) is 4.79 Å². The summed E-state index contributed by atoms with van der Waals surface area (Å²) in [6.07, 6.45) is 4.98. The van der Waals surface area contributed by atoms with Gasteiger partial charge in [0.15, 0.2) is 0 Å². The van der Waals surface area contributed by atoms with E-state index in [1.54, 1.807) is 0 Å². The van der Waals surface area contributed by atoms with Crippen LogP contribution in [0.3, 0.4) is 0 Å². The van der Waals surface area contributed by atoms with Gasteiger partial charge in [-0.15, -0.1) is 0 Å². The van der Waals surface area contributed by atoms with Crippen molar-refractivity contribution >= 4 is 17.2 Å². The maximum Gasteiger partial charge on any atom is 0.227 e. The maximum atomic E-state index is 12.3. The van der Waals surface area contributed by atoms with E-state index in [-0.39, 0.29) is 11.4 Å². The van der Waals surface area contributed by atoms with E-state index in [1.807, 2.05) is 17.9 Å². The van der Waals surface area contributed by atoms with Crippen molar-refractivity contribution in [1.29, 1.82) is 0 Å². The van der Waals surface area contributed by atoms with Crippen LogP contribution >= 0.6 is 0 Å². The third-order valence-corrected chi connectivity index (χ3v) is 3.67. The van der Waals surface area contributed by atoms with E-state index < -0.39 is 0 Å². The molecule has 1 amide bonds. The molecule has 0 radical (unpaired) electrons. The summed E-state index contributed by atoms with van der Waals surface area (Å²) in [5.41, 5.74) is 3.39. The summed E-state index contributed by atoms with van der Waals surface area (Å²) >= 11 is 0. The average Bonchev–Trinajstić information content (AvgIpc) is 2.37. The van der Waals surface area contributed by atoms with Gasteiger partial charge in [-0.1, -0.05) is 44.5 Å². The molecule has 1 aromatic rings. The largest absolute Gasteiger partial charge is 0.303 e. The van der Waals surface area contributed by atoms with Crippen LogP contribution in [-0.4, -0.2) is 11.4 Å². The molecule has 0 bridgehead atoms. The topological polar surface area (TPSA) is 20.3 Å². The van der Waals surface area contributed by atoms with Crippen LogP contribution in [-0.2, 0) is 4.79 Å². The molecule has 0 saturated heterocycles. The van der Waals surface area contributed by atoms with Gasteiger partial charge in [-0.25, -0.2) is 0 Å². The number of hydrogen-bond acceptors (Lipinski definition) is 1. The molecule has 2 nitrogen and oxygen atoms in total. The van der Waals surface area contributed by atoms with Crippen molar-refractivity contribution in [2.45, 2.75) is 52.5 Å². The Hall–Kier alpha value is -1.57. The van der Waals surface area contributed by atoms with Crippen LogP contribution in [0.4, 0.5) is 5.69 Å². The molecule has 2 heteroatoms. The van der Waals surface area contributed by atoms with Gasteiger partial charge in [-0.05, 0) is 31.9 Å². The van der Waals surface area contributed by atoms with E-state index in [2.05, 4.69) is 45.0 Å². The number of anilines is 1. The Morgan fingerprint density at radius 3 is 2.53 bits per heavy atom. The van der Waals surface area contributed by atoms with E-state index in [1.165, 1.54) is 11.1 Å². The highest BCUT2D eigenvalue weighted by Crippen LogP contribution is 2.40. The minimum absolute atomic E-state index is 0.184. The maximum absolute atomic E-state index is 12.3. The van der Waals surface area contributed by atoms with E-state index in [0.717, 1.165) is 18.5 Å². The van der Waals surface area contributed by atoms with Gasteiger partial charge in [0.05, 0.1) is 11.2 Å². The third-order valence-electron chi connectivity index (χ3n) is 3.67. The molecule has 0 saturated carbocycles. The van der Waals surface area contributed by atoms with Crippen molar-refractivity contribution in [1.82, 2.24) is 0 Å². The van der Waals surface area contributed by atoms with Crippen LogP contribution in [0.2, 0.25) is 0 Å². The number of hydrogen-bond donors (Lipinski definition) is 0. The van der Waals surface area contributed by atoms with E-state index in [4.69, 9.17) is 0 Å². The monoisotopic (exact) mass is 257 g/mol. The molecule has 1 heterocycles. The predicted molar refractivity (Wildman–Crippen MR) is 81.2 cm³/mol. The third kappa shape index (κ3) is 2.44. The van der Waals surface area contributed by atoms with Crippen molar-refractivity contribution in [2.24, 2.45) is 0 Å². The first-order valence-electron chi connectivity index (χ1n) is 7.15. The second kappa shape index (κ2) is 5.20. The van der Waals surface area contributed by atoms with Gasteiger partial charge >= 0.3 is 0 Å². The summed E-state index contributed by atoms with van der Waals surface area (Å²) < 4.78 is 0. The molecular formula is C17H23NO. The number of rotatable bonds is 3. The first-order valence-corrected chi connectivity index (χ1v) is 7.15. The molecule has 0 atom stereocenters. The zero-order valence-electron chi connectivity index (χ0n) is 12.4. The van der Waals surface area contributed by atoms with Crippen molar-refractivity contribution in [3.8, 4) is 0 Å². The lowest BCUT2D eigenvalue weighted by molar-refractivity contribution is -0.119. The Balaban J connectivity index is 2.58. The molecule has 0 spiro atoms. The summed E-state index contributed by atoms with van der Waals surface area (Å²) in [5.74, 6) is 0.184. The molecule has 0 fully saturated rings. The molecule has 0 unspecified atom stereocenters. The second-order valence-electron chi connectivity index (χ2n) is 5.67. The van der Waals surface area contributed by atoms with Crippen molar-refractivity contribution in [3.05, 3.63) is 35.9 Å². The minimum Gasteiger partial charge on any atom is -0.303 e.